The van der Waals surface area contributed by atoms with Crippen molar-refractivity contribution in [2.45, 2.75) is 19.4 Å². The van der Waals surface area contributed by atoms with Gasteiger partial charge in [-0.15, -0.1) is 0 Å². The van der Waals surface area contributed by atoms with E-state index in [4.69, 9.17) is 11.6 Å². The Kier molecular flexibility index (Phi) is 5.53. The molecule has 4 nitrogen and oxygen atoms in total. The Morgan fingerprint density at radius 3 is 2.67 bits per heavy atom. The molecule has 0 N–H and O–H groups in total. The van der Waals surface area contributed by atoms with Crippen LogP contribution in [0.15, 0.2) is 24.3 Å². The molecule has 0 aromatic heterocycles. The number of hydrogen-bond donors (Lipinski definition) is 0. The predicted octanol–water partition coefficient (Wildman–Crippen LogP) is 2.66. The van der Waals surface area contributed by atoms with Crippen LogP contribution in [0.5, 0.6) is 0 Å². The van der Waals surface area contributed by atoms with Crippen molar-refractivity contribution in [3.8, 4) is 0 Å². The van der Waals surface area contributed by atoms with Gasteiger partial charge in [0.15, 0.2) is 0 Å². The number of benzene rings is 1. The highest BCUT2D eigenvalue weighted by molar-refractivity contribution is 7.98. The number of hydrogen-bond acceptors (Lipinski definition) is 3. The molecule has 2 amide bonds. The maximum atomic E-state index is 12.3. The minimum atomic E-state index is -0.0482. The highest BCUT2D eigenvalue weighted by atomic mass is 35.5. The van der Waals surface area contributed by atoms with Gasteiger partial charge in [-0.05, 0) is 37.4 Å². The summed E-state index contributed by atoms with van der Waals surface area (Å²) in [7, 11) is 0. The molecule has 2 rings (SSSR count). The van der Waals surface area contributed by atoms with Crippen molar-refractivity contribution in [2.75, 3.05) is 30.0 Å². The molecule has 1 saturated heterocycles. The van der Waals surface area contributed by atoms with Crippen molar-refractivity contribution in [3.05, 3.63) is 29.3 Å². The molecule has 1 unspecified atom stereocenters. The van der Waals surface area contributed by atoms with Crippen molar-refractivity contribution in [3.63, 3.8) is 0 Å². The van der Waals surface area contributed by atoms with Crippen LogP contribution >= 0.6 is 23.4 Å². The zero-order chi connectivity index (χ0) is 15.4. The number of carbonyl (C=O) groups is 2. The van der Waals surface area contributed by atoms with Gasteiger partial charge >= 0.3 is 0 Å². The summed E-state index contributed by atoms with van der Waals surface area (Å²) in [5, 5.41) is 0.644. The fourth-order valence-corrected chi connectivity index (χ4v) is 2.89. The molecule has 1 aromatic carbocycles. The minimum absolute atomic E-state index is 0.0211. The summed E-state index contributed by atoms with van der Waals surface area (Å²) in [5.74, 6) is 0.797. The van der Waals surface area contributed by atoms with Crippen molar-refractivity contribution in [2.24, 2.45) is 0 Å². The Bertz CT molecular complexity index is 521. The minimum Gasteiger partial charge on any atom is -0.329 e. The number of nitrogens with zero attached hydrogens (tertiary/aromatic N) is 2. The fraction of sp³-hybridized carbons (Fsp3) is 0.467. The average Bonchev–Trinajstić information content (AvgIpc) is 2.47. The molecule has 1 atom stereocenters. The van der Waals surface area contributed by atoms with Crippen LogP contribution in [0.4, 0.5) is 5.69 Å². The molecular formula is C15H19ClN2O2S. The first-order valence-corrected chi connectivity index (χ1v) is 8.64. The maximum Gasteiger partial charge on any atom is 0.246 e. The summed E-state index contributed by atoms with van der Waals surface area (Å²) < 4.78 is 0. The number of rotatable bonds is 4. The van der Waals surface area contributed by atoms with Gasteiger partial charge in [0.05, 0.1) is 0 Å². The van der Waals surface area contributed by atoms with E-state index in [0.717, 1.165) is 11.4 Å². The van der Waals surface area contributed by atoms with Gasteiger partial charge in [-0.1, -0.05) is 11.6 Å². The number of thioether (sulfide) groups is 1. The van der Waals surface area contributed by atoms with Crippen molar-refractivity contribution < 1.29 is 9.59 Å². The molecule has 1 aliphatic heterocycles. The molecule has 21 heavy (non-hydrogen) atoms. The number of carbonyl (C=O) groups excluding carboxylic acids is 2. The lowest BCUT2D eigenvalue weighted by atomic mass is 10.1. The monoisotopic (exact) mass is 326 g/mol. The van der Waals surface area contributed by atoms with Crippen LogP contribution in [0.1, 0.15) is 13.3 Å². The van der Waals surface area contributed by atoms with E-state index in [9.17, 15) is 9.59 Å². The Morgan fingerprint density at radius 1 is 1.38 bits per heavy atom. The van der Waals surface area contributed by atoms with E-state index in [1.165, 1.54) is 0 Å². The highest BCUT2D eigenvalue weighted by Crippen LogP contribution is 2.22. The Balaban J connectivity index is 2.06. The normalized spacial score (nSPS) is 19.0. The lowest BCUT2D eigenvalue weighted by Crippen LogP contribution is -2.57. The van der Waals surface area contributed by atoms with Crippen LogP contribution in [0.3, 0.4) is 0 Å². The molecule has 114 valence electrons. The first kappa shape index (κ1) is 16.2. The molecule has 0 radical (unpaired) electrons. The Labute approximate surface area is 134 Å². The van der Waals surface area contributed by atoms with Crippen molar-refractivity contribution >= 4 is 40.9 Å². The van der Waals surface area contributed by atoms with Crippen molar-refractivity contribution in [1.29, 1.82) is 0 Å². The second kappa shape index (κ2) is 7.18. The maximum absolute atomic E-state index is 12.3. The summed E-state index contributed by atoms with van der Waals surface area (Å²) in [4.78, 5) is 27.8. The molecule has 6 heteroatoms. The summed E-state index contributed by atoms with van der Waals surface area (Å²) >= 11 is 7.51. The molecule has 1 aliphatic rings. The standard InChI is InChI=1S/C15H19ClN2O2S/c1-11-9-18(13-5-3-12(16)4-6-13)15(20)10-17(11)14(19)7-8-21-2/h3-6,11H,7-10H2,1-2H3. The summed E-state index contributed by atoms with van der Waals surface area (Å²) in [6.07, 6.45) is 2.46. The van der Waals surface area contributed by atoms with Crippen molar-refractivity contribution in [1.82, 2.24) is 4.90 Å². The Hall–Kier alpha value is -1.20. The van der Waals surface area contributed by atoms with Crippen LogP contribution in [-0.4, -0.2) is 47.9 Å². The van der Waals surface area contributed by atoms with Gasteiger partial charge in [0, 0.05) is 35.5 Å². The molecule has 0 aliphatic carbocycles. The second-order valence-corrected chi connectivity index (χ2v) is 6.52. The van der Waals surface area contributed by atoms with Crippen LogP contribution in [0.25, 0.3) is 0 Å². The molecule has 1 aromatic rings. The van der Waals surface area contributed by atoms with Gasteiger partial charge < -0.3 is 9.80 Å². The van der Waals surface area contributed by atoms with Gasteiger partial charge in [-0.2, -0.15) is 11.8 Å². The quantitative estimate of drug-likeness (QED) is 0.854. The lowest BCUT2D eigenvalue weighted by molar-refractivity contribution is -0.138. The first-order valence-electron chi connectivity index (χ1n) is 6.87. The van der Waals surface area contributed by atoms with Crippen LogP contribution < -0.4 is 4.90 Å². The van der Waals surface area contributed by atoms with Gasteiger partial charge in [0.2, 0.25) is 11.8 Å². The zero-order valence-corrected chi connectivity index (χ0v) is 13.8. The summed E-state index contributed by atoms with van der Waals surface area (Å²) in [5.41, 5.74) is 0.826. The summed E-state index contributed by atoms with van der Waals surface area (Å²) in [6, 6.07) is 7.22. The third-order valence-corrected chi connectivity index (χ3v) is 4.43. The van der Waals surface area contributed by atoms with Crippen LogP contribution in [0.2, 0.25) is 5.02 Å². The first-order chi connectivity index (χ1) is 10.0. The SMILES string of the molecule is CSCCC(=O)N1CC(=O)N(c2ccc(Cl)cc2)CC1C. The van der Waals surface area contributed by atoms with E-state index in [1.54, 1.807) is 33.7 Å². The topological polar surface area (TPSA) is 40.6 Å². The molecule has 0 spiro atoms. The summed E-state index contributed by atoms with van der Waals surface area (Å²) in [6.45, 7) is 2.65. The lowest BCUT2D eigenvalue weighted by Gasteiger charge is -2.39. The van der Waals surface area contributed by atoms with E-state index in [0.29, 0.717) is 18.0 Å². The predicted molar refractivity (Wildman–Crippen MR) is 88.0 cm³/mol. The molecular weight excluding hydrogens is 308 g/mol. The van der Waals surface area contributed by atoms with Crippen LogP contribution in [-0.2, 0) is 9.59 Å². The smallest absolute Gasteiger partial charge is 0.246 e. The number of amides is 2. The van der Waals surface area contributed by atoms with E-state index in [1.807, 2.05) is 25.3 Å². The van der Waals surface area contributed by atoms with Gasteiger partial charge in [-0.25, -0.2) is 0 Å². The van der Waals surface area contributed by atoms with E-state index >= 15 is 0 Å². The highest BCUT2D eigenvalue weighted by Gasteiger charge is 2.32. The molecule has 0 saturated carbocycles. The van der Waals surface area contributed by atoms with Gasteiger partial charge in [0.25, 0.3) is 0 Å². The van der Waals surface area contributed by atoms with E-state index in [-0.39, 0.29) is 24.4 Å². The largest absolute Gasteiger partial charge is 0.329 e. The second-order valence-electron chi connectivity index (χ2n) is 5.09. The molecule has 0 bridgehead atoms. The number of halogens is 1. The average molecular weight is 327 g/mol. The third-order valence-electron chi connectivity index (χ3n) is 3.56. The third kappa shape index (κ3) is 3.92. The fourth-order valence-electron chi connectivity index (χ4n) is 2.39. The van der Waals surface area contributed by atoms with E-state index < -0.39 is 0 Å². The van der Waals surface area contributed by atoms with Gasteiger partial charge in [0.1, 0.15) is 6.54 Å². The van der Waals surface area contributed by atoms with E-state index in [2.05, 4.69) is 0 Å². The van der Waals surface area contributed by atoms with Gasteiger partial charge in [-0.3, -0.25) is 9.59 Å². The zero-order valence-electron chi connectivity index (χ0n) is 12.2. The molecule has 1 fully saturated rings. The number of piperazine rings is 1. The Morgan fingerprint density at radius 2 is 2.05 bits per heavy atom. The number of anilines is 1. The molecule has 1 heterocycles. The van der Waals surface area contributed by atoms with Crippen LogP contribution in [0, 0.1) is 0 Å².